The van der Waals surface area contributed by atoms with Crippen LogP contribution in [0.25, 0.3) is 10.8 Å². The van der Waals surface area contributed by atoms with E-state index in [-0.39, 0.29) is 23.3 Å². The van der Waals surface area contributed by atoms with Crippen molar-refractivity contribution in [1.29, 1.82) is 0 Å². The summed E-state index contributed by atoms with van der Waals surface area (Å²) >= 11 is 6.12. The molecule has 1 aliphatic heterocycles. The summed E-state index contributed by atoms with van der Waals surface area (Å²) in [5.41, 5.74) is 0. The van der Waals surface area contributed by atoms with E-state index in [1.165, 1.54) is 0 Å². The number of benzene rings is 2. The van der Waals surface area contributed by atoms with Gasteiger partial charge in [0.1, 0.15) is 0 Å². The van der Waals surface area contributed by atoms with Gasteiger partial charge in [0.05, 0.1) is 4.90 Å². The van der Waals surface area contributed by atoms with E-state index in [1.807, 2.05) is 18.2 Å². The monoisotopic (exact) mass is 346 g/mol. The topological polar surface area (TPSA) is 58.2 Å². The largest absolute Gasteiger partial charge is 0.315 e. The number of hydrogen-bond acceptors (Lipinski definition) is 3. The Balaban J connectivity index is 0.00000161. The molecule has 1 atom stereocenters. The average Bonchev–Trinajstić information content (AvgIpc) is 2.91. The van der Waals surface area contributed by atoms with Crippen LogP contribution in [0.4, 0.5) is 0 Å². The zero-order valence-corrected chi connectivity index (χ0v) is 13.6. The molecule has 0 saturated carbocycles. The minimum absolute atomic E-state index is 0. The van der Waals surface area contributed by atoms with Gasteiger partial charge in [0.15, 0.2) is 0 Å². The molecule has 1 unspecified atom stereocenters. The molecule has 1 aliphatic rings. The van der Waals surface area contributed by atoms with Crippen molar-refractivity contribution in [2.45, 2.75) is 17.4 Å². The fourth-order valence-corrected chi connectivity index (χ4v) is 4.22. The summed E-state index contributed by atoms with van der Waals surface area (Å²) in [5.74, 6) is 0. The van der Waals surface area contributed by atoms with Gasteiger partial charge in [-0.25, -0.2) is 13.1 Å². The van der Waals surface area contributed by atoms with E-state index in [1.54, 1.807) is 18.2 Å². The van der Waals surface area contributed by atoms with Crippen molar-refractivity contribution in [3.63, 3.8) is 0 Å². The molecule has 1 saturated heterocycles. The molecule has 0 aromatic heterocycles. The van der Waals surface area contributed by atoms with Crippen LogP contribution in [0, 0.1) is 0 Å². The van der Waals surface area contributed by atoms with Crippen LogP contribution >= 0.6 is 24.0 Å². The Bertz CT molecular complexity index is 744. The summed E-state index contributed by atoms with van der Waals surface area (Å²) < 4.78 is 27.8. The molecule has 1 fully saturated rings. The van der Waals surface area contributed by atoms with Crippen molar-refractivity contribution >= 4 is 44.8 Å². The molecule has 0 bridgehead atoms. The van der Waals surface area contributed by atoms with Crippen LogP contribution in [0.15, 0.2) is 41.3 Å². The Hall–Kier alpha value is -0.850. The number of hydrogen-bond donors (Lipinski definition) is 2. The van der Waals surface area contributed by atoms with Gasteiger partial charge in [0.2, 0.25) is 10.0 Å². The Morgan fingerprint density at radius 1 is 1.14 bits per heavy atom. The highest BCUT2D eigenvalue weighted by Gasteiger charge is 2.24. The molecular weight excluding hydrogens is 331 g/mol. The first-order valence-corrected chi connectivity index (χ1v) is 8.34. The molecule has 4 nitrogen and oxygen atoms in total. The van der Waals surface area contributed by atoms with E-state index in [2.05, 4.69) is 10.0 Å². The molecule has 0 radical (unpaired) electrons. The van der Waals surface area contributed by atoms with Gasteiger partial charge in [-0.2, -0.15) is 0 Å². The second-order valence-electron chi connectivity index (χ2n) is 4.90. The number of nitrogens with one attached hydrogen (secondary N) is 2. The number of fused-ring (bicyclic) bond motifs is 1. The molecule has 2 aromatic rings. The molecule has 0 aliphatic carbocycles. The summed E-state index contributed by atoms with van der Waals surface area (Å²) in [6.07, 6.45) is 0.810. The van der Waals surface area contributed by atoms with Gasteiger partial charge in [-0.15, -0.1) is 12.4 Å². The summed E-state index contributed by atoms with van der Waals surface area (Å²) in [7, 11) is -3.54. The van der Waals surface area contributed by atoms with Crippen LogP contribution in [-0.2, 0) is 10.0 Å². The second-order valence-corrected chi connectivity index (χ2v) is 6.99. The summed E-state index contributed by atoms with van der Waals surface area (Å²) in [5, 5.41) is 5.10. The Labute approximate surface area is 135 Å². The maximum atomic E-state index is 12.5. The third-order valence-corrected chi connectivity index (χ3v) is 5.41. The zero-order chi connectivity index (χ0) is 14.2. The molecular formula is C14H16Cl2N2O2S. The lowest BCUT2D eigenvalue weighted by atomic mass is 10.1. The van der Waals surface area contributed by atoms with Gasteiger partial charge in [-0.1, -0.05) is 35.9 Å². The van der Waals surface area contributed by atoms with E-state index < -0.39 is 10.0 Å². The molecule has 2 N–H and O–H groups in total. The van der Waals surface area contributed by atoms with Crippen molar-refractivity contribution < 1.29 is 8.42 Å². The summed E-state index contributed by atoms with van der Waals surface area (Å²) in [6.45, 7) is 1.51. The molecule has 2 aromatic carbocycles. The SMILES string of the molecule is Cl.O=S(=O)(NC1CCNC1)c1ccc(Cl)c2ccccc12. The van der Waals surface area contributed by atoms with E-state index in [0.717, 1.165) is 18.4 Å². The van der Waals surface area contributed by atoms with Gasteiger partial charge >= 0.3 is 0 Å². The van der Waals surface area contributed by atoms with E-state index in [0.29, 0.717) is 17.0 Å². The standard InChI is InChI=1S/C14H15ClN2O2S.ClH/c15-13-5-6-14(12-4-2-1-3-11(12)13)20(18,19)17-10-7-8-16-9-10;/h1-6,10,16-17H,7-9H2;1H. The Morgan fingerprint density at radius 3 is 2.52 bits per heavy atom. The minimum atomic E-state index is -3.54. The first-order chi connectivity index (χ1) is 9.58. The molecule has 1 heterocycles. The van der Waals surface area contributed by atoms with Crippen molar-refractivity contribution in [2.24, 2.45) is 0 Å². The lowest BCUT2D eigenvalue weighted by Gasteiger charge is -2.14. The predicted molar refractivity (Wildman–Crippen MR) is 87.8 cm³/mol. The number of rotatable bonds is 3. The maximum Gasteiger partial charge on any atom is 0.241 e. The first-order valence-electron chi connectivity index (χ1n) is 6.48. The Kier molecular flexibility index (Phi) is 5.11. The van der Waals surface area contributed by atoms with E-state index >= 15 is 0 Å². The molecule has 3 rings (SSSR count). The minimum Gasteiger partial charge on any atom is -0.315 e. The van der Waals surface area contributed by atoms with Gasteiger partial charge in [-0.3, -0.25) is 0 Å². The number of halogens is 2. The predicted octanol–water partition coefficient (Wildman–Crippen LogP) is 2.56. The van der Waals surface area contributed by atoms with Gasteiger partial charge in [0.25, 0.3) is 0 Å². The van der Waals surface area contributed by atoms with Gasteiger partial charge in [-0.05, 0) is 25.1 Å². The van der Waals surface area contributed by atoms with Gasteiger partial charge < -0.3 is 5.32 Å². The quantitative estimate of drug-likeness (QED) is 0.897. The van der Waals surface area contributed by atoms with Gasteiger partial charge in [0, 0.05) is 28.4 Å². The first kappa shape index (κ1) is 16.5. The van der Waals surface area contributed by atoms with E-state index in [9.17, 15) is 8.42 Å². The maximum absolute atomic E-state index is 12.5. The third kappa shape index (κ3) is 3.33. The zero-order valence-electron chi connectivity index (χ0n) is 11.2. The van der Waals surface area contributed by atoms with Crippen LogP contribution in [0.3, 0.4) is 0 Å². The number of sulfonamides is 1. The smallest absolute Gasteiger partial charge is 0.241 e. The van der Waals surface area contributed by atoms with Crippen LogP contribution in [0.1, 0.15) is 6.42 Å². The molecule has 114 valence electrons. The van der Waals surface area contributed by atoms with Crippen molar-refractivity contribution in [1.82, 2.24) is 10.0 Å². The molecule has 21 heavy (non-hydrogen) atoms. The van der Waals surface area contributed by atoms with E-state index in [4.69, 9.17) is 11.6 Å². The van der Waals surface area contributed by atoms with Crippen LogP contribution in [0.2, 0.25) is 5.02 Å². The van der Waals surface area contributed by atoms with Crippen molar-refractivity contribution in [3.8, 4) is 0 Å². The lowest BCUT2D eigenvalue weighted by molar-refractivity contribution is 0.561. The normalized spacial score (nSPS) is 18.6. The fraction of sp³-hybridized carbons (Fsp3) is 0.286. The van der Waals surface area contributed by atoms with Crippen LogP contribution in [0.5, 0.6) is 0 Å². The third-order valence-electron chi connectivity index (χ3n) is 3.50. The summed E-state index contributed by atoms with van der Waals surface area (Å²) in [6, 6.07) is 10.4. The van der Waals surface area contributed by atoms with Crippen LogP contribution < -0.4 is 10.0 Å². The fourth-order valence-electron chi connectivity index (χ4n) is 2.51. The second kappa shape index (κ2) is 6.50. The average molecular weight is 347 g/mol. The van der Waals surface area contributed by atoms with Crippen molar-refractivity contribution in [3.05, 3.63) is 41.4 Å². The highest BCUT2D eigenvalue weighted by molar-refractivity contribution is 7.89. The lowest BCUT2D eigenvalue weighted by Crippen LogP contribution is -2.36. The molecule has 7 heteroatoms. The van der Waals surface area contributed by atoms with Crippen molar-refractivity contribution in [2.75, 3.05) is 13.1 Å². The highest BCUT2D eigenvalue weighted by Crippen LogP contribution is 2.29. The molecule has 0 spiro atoms. The highest BCUT2D eigenvalue weighted by atomic mass is 35.5. The molecule has 0 amide bonds. The Morgan fingerprint density at radius 2 is 1.86 bits per heavy atom. The van der Waals surface area contributed by atoms with Crippen LogP contribution in [-0.4, -0.2) is 27.5 Å². The summed E-state index contributed by atoms with van der Waals surface area (Å²) in [4.78, 5) is 0.282.